The SMILES string of the molecule is C=CCO[C@@]12Oc3ccc(OCCSc4ccccc4)cc3[C@H]3[C@H](CCCCO)[C@@H](CCCCO)C=C(C(=NOC4CCCCO4)C[C@@H]1N(Cc1ccc4c(c1)OCO4)C(=O)CCC1CCCC1)[C@H]32. The second kappa shape index (κ2) is 24.1. The number of nitrogens with zero attached hydrogens (tertiary/aromatic N) is 2. The van der Waals surface area contributed by atoms with Crippen LogP contribution >= 0.6 is 11.8 Å². The molecule has 0 radical (unpaired) electrons. The molecule has 0 bridgehead atoms. The topological polar surface area (TPSA) is 138 Å². The summed E-state index contributed by atoms with van der Waals surface area (Å²) >= 11 is 1.76. The maximum absolute atomic E-state index is 15.4. The normalized spacial score (nSPS) is 26.4. The van der Waals surface area contributed by atoms with Crippen LogP contribution in [0.25, 0.3) is 0 Å². The number of carbonyl (C=O) groups excluding carboxylic acids is 1. The molecule has 6 aliphatic rings. The number of aliphatic hydroxyl groups is 2. The third kappa shape index (κ3) is 11.7. The van der Waals surface area contributed by atoms with Crippen LogP contribution in [0.4, 0.5) is 0 Å². The Balaban J connectivity index is 1.18. The van der Waals surface area contributed by atoms with E-state index in [-0.39, 0.29) is 56.8 Å². The first-order chi connectivity index (χ1) is 34.0. The van der Waals surface area contributed by atoms with E-state index in [1.807, 2.05) is 41.3 Å². The molecule has 3 fully saturated rings. The maximum atomic E-state index is 15.4. The highest BCUT2D eigenvalue weighted by molar-refractivity contribution is 7.99. The quantitative estimate of drug-likeness (QED) is 0.0384. The lowest BCUT2D eigenvalue weighted by Crippen LogP contribution is -2.70. The van der Waals surface area contributed by atoms with Crippen molar-refractivity contribution in [1.82, 2.24) is 4.90 Å². The van der Waals surface area contributed by atoms with Gasteiger partial charge in [-0.2, -0.15) is 0 Å². The van der Waals surface area contributed by atoms with E-state index in [2.05, 4.69) is 43.0 Å². The molecule has 3 aromatic rings. The number of allylic oxidation sites excluding steroid dienone is 1. The van der Waals surface area contributed by atoms with Crippen LogP contribution < -0.4 is 18.9 Å². The predicted octanol–water partition coefficient (Wildman–Crippen LogP) is 10.7. The van der Waals surface area contributed by atoms with Gasteiger partial charge in [-0.3, -0.25) is 4.79 Å². The van der Waals surface area contributed by atoms with E-state index in [9.17, 15) is 10.2 Å². The molecule has 1 saturated heterocycles. The van der Waals surface area contributed by atoms with Crippen molar-refractivity contribution in [1.29, 1.82) is 0 Å². The lowest BCUT2D eigenvalue weighted by atomic mass is 9.55. The molecule has 12 nitrogen and oxygen atoms in total. The largest absolute Gasteiger partial charge is 0.493 e. The first-order valence-corrected chi connectivity index (χ1v) is 26.8. The van der Waals surface area contributed by atoms with Crippen molar-refractivity contribution < 1.29 is 48.3 Å². The van der Waals surface area contributed by atoms with Crippen molar-refractivity contribution in [3.05, 3.63) is 102 Å². The summed E-state index contributed by atoms with van der Waals surface area (Å²) in [6, 6.07) is 21.8. The number of hydrogen-bond donors (Lipinski definition) is 2. The van der Waals surface area contributed by atoms with E-state index in [1.54, 1.807) is 17.8 Å². The van der Waals surface area contributed by atoms with Crippen molar-refractivity contribution in [2.24, 2.45) is 28.8 Å². The Hall–Kier alpha value is -4.53. The Bertz CT molecular complexity index is 2230. The molecule has 3 aliphatic heterocycles. The van der Waals surface area contributed by atoms with Crippen LogP contribution in [0.3, 0.4) is 0 Å². The fourth-order valence-electron chi connectivity index (χ4n) is 11.9. The molecule has 1 unspecified atom stereocenters. The van der Waals surface area contributed by atoms with Crippen LogP contribution in [-0.2, 0) is 25.7 Å². The Kier molecular flexibility index (Phi) is 17.2. The number of hydrogen-bond acceptors (Lipinski definition) is 12. The van der Waals surface area contributed by atoms with Gasteiger partial charge in [-0.05, 0) is 116 Å². The third-order valence-electron chi connectivity index (χ3n) is 15.2. The summed E-state index contributed by atoms with van der Waals surface area (Å²) in [4.78, 5) is 25.0. The molecule has 3 aliphatic carbocycles. The smallest absolute Gasteiger partial charge is 0.239 e. The van der Waals surface area contributed by atoms with Crippen molar-refractivity contribution in [2.45, 2.75) is 138 Å². The van der Waals surface area contributed by atoms with Crippen LogP contribution in [-0.4, -0.2) is 90.4 Å². The number of aliphatic hydroxyl groups excluding tert-OH is 2. The van der Waals surface area contributed by atoms with Crippen molar-refractivity contribution in [2.75, 3.05) is 45.6 Å². The molecular formula is C56H72N2O10S. The summed E-state index contributed by atoms with van der Waals surface area (Å²) < 4.78 is 39.1. The number of unbranched alkanes of at least 4 members (excludes halogenated alkanes) is 2. The van der Waals surface area contributed by atoms with Crippen molar-refractivity contribution in [3.8, 4) is 23.0 Å². The number of oxime groups is 1. The van der Waals surface area contributed by atoms with Gasteiger partial charge in [0.25, 0.3) is 0 Å². The second-order valence-electron chi connectivity index (χ2n) is 19.6. The Morgan fingerprint density at radius 3 is 2.49 bits per heavy atom. The number of thioether (sulfide) groups is 1. The molecule has 3 heterocycles. The van der Waals surface area contributed by atoms with Gasteiger partial charge in [0, 0.05) is 61.2 Å². The molecule has 7 atom stereocenters. The molecule has 69 heavy (non-hydrogen) atoms. The molecule has 9 rings (SSSR count). The zero-order valence-corrected chi connectivity index (χ0v) is 41.0. The predicted molar refractivity (Wildman–Crippen MR) is 267 cm³/mol. The fourth-order valence-corrected chi connectivity index (χ4v) is 12.6. The lowest BCUT2D eigenvalue weighted by Gasteiger charge is -2.60. The van der Waals surface area contributed by atoms with Gasteiger partial charge in [-0.15, -0.1) is 18.3 Å². The van der Waals surface area contributed by atoms with Crippen LogP contribution in [0.15, 0.2) is 101 Å². The molecule has 3 aromatic carbocycles. The van der Waals surface area contributed by atoms with Gasteiger partial charge in [0.15, 0.2) is 11.5 Å². The summed E-state index contributed by atoms with van der Waals surface area (Å²) in [5.74, 6) is 2.36. The summed E-state index contributed by atoms with van der Waals surface area (Å²) in [6.45, 7) is 6.13. The van der Waals surface area contributed by atoms with Crippen LogP contribution in [0, 0.1) is 23.7 Å². The molecule has 0 aromatic heterocycles. The number of rotatable bonds is 24. The third-order valence-corrected chi connectivity index (χ3v) is 16.1. The molecule has 372 valence electrons. The van der Waals surface area contributed by atoms with Crippen LogP contribution in [0.1, 0.15) is 120 Å². The number of fused-ring (bicyclic) bond motifs is 3. The van der Waals surface area contributed by atoms with E-state index >= 15 is 4.79 Å². The maximum Gasteiger partial charge on any atom is 0.239 e. The second-order valence-corrected chi connectivity index (χ2v) is 20.8. The highest BCUT2D eigenvalue weighted by Gasteiger charge is 2.65. The molecule has 13 heteroatoms. The number of ether oxygens (including phenoxy) is 6. The molecule has 2 saturated carbocycles. The van der Waals surface area contributed by atoms with Gasteiger partial charge >= 0.3 is 0 Å². The van der Waals surface area contributed by atoms with E-state index in [1.165, 1.54) is 17.7 Å². The minimum Gasteiger partial charge on any atom is -0.493 e. The molecule has 1 amide bonds. The van der Waals surface area contributed by atoms with Crippen LogP contribution in [0.2, 0.25) is 0 Å². The minimum atomic E-state index is -1.38. The van der Waals surface area contributed by atoms with E-state index in [0.717, 1.165) is 98.1 Å². The number of amides is 1. The summed E-state index contributed by atoms with van der Waals surface area (Å²) in [6.07, 6.45) is 17.4. The zero-order valence-electron chi connectivity index (χ0n) is 40.2. The first-order valence-electron chi connectivity index (χ1n) is 25.8. The average Bonchev–Trinajstić information content (AvgIpc) is 4.10. The van der Waals surface area contributed by atoms with Crippen LogP contribution in [0.5, 0.6) is 23.0 Å². The van der Waals surface area contributed by atoms with Crippen molar-refractivity contribution >= 4 is 23.4 Å². The van der Waals surface area contributed by atoms with Gasteiger partial charge in [0.2, 0.25) is 24.8 Å². The van der Waals surface area contributed by atoms with E-state index < -0.39 is 24.0 Å². The summed E-state index contributed by atoms with van der Waals surface area (Å²) in [7, 11) is 0. The fraction of sp³-hybridized carbons (Fsp3) is 0.571. The van der Waals surface area contributed by atoms with Crippen molar-refractivity contribution in [3.63, 3.8) is 0 Å². The molecule has 0 spiro atoms. The van der Waals surface area contributed by atoms with Gasteiger partial charge in [0.05, 0.1) is 31.5 Å². The monoisotopic (exact) mass is 964 g/mol. The standard InChI is InChI=1S/C56H72N2O10S/c1-2-29-66-56-51(58(52(61)26-22-39-14-6-7-15-39)37-40-21-24-49-50(33-40)65-38-64-49)36-47(57-68-53-20-10-13-30-63-53)45-34-41(16-8-11-27-59)44(19-9-12-28-60)54(55(45)56)46-35-42(23-25-48(46)67-56)62-31-32-69-43-17-4-3-5-18-43/h2-5,17-18,21,23-25,33-35,39,41,44,51,53-55,59-60H,1,6-16,19-20,22,26-32,36-38H2/t41-,44+,51-,53?,54+,55+,56+/m0/s1. The summed E-state index contributed by atoms with van der Waals surface area (Å²) in [5, 5.41) is 25.2. The number of carbonyl (C=O) groups is 1. The minimum absolute atomic E-state index is 0.0368. The average molecular weight is 965 g/mol. The summed E-state index contributed by atoms with van der Waals surface area (Å²) in [5.41, 5.74) is 3.71. The highest BCUT2D eigenvalue weighted by atomic mass is 32.2. The number of benzene rings is 3. The Morgan fingerprint density at radius 2 is 1.70 bits per heavy atom. The molecular weight excluding hydrogens is 893 g/mol. The highest BCUT2D eigenvalue weighted by Crippen LogP contribution is 2.62. The van der Waals surface area contributed by atoms with E-state index in [0.29, 0.717) is 62.1 Å². The van der Waals surface area contributed by atoms with Gasteiger partial charge in [-0.1, -0.05) is 80.1 Å². The lowest BCUT2D eigenvalue weighted by molar-refractivity contribution is -0.258. The zero-order chi connectivity index (χ0) is 47.4. The van der Waals surface area contributed by atoms with Gasteiger partial charge in [0.1, 0.15) is 17.5 Å². The Morgan fingerprint density at radius 1 is 0.899 bits per heavy atom. The Labute approximate surface area is 412 Å². The first kappa shape index (κ1) is 49.5. The van der Waals surface area contributed by atoms with Gasteiger partial charge < -0.3 is 48.4 Å². The van der Waals surface area contributed by atoms with E-state index in [4.69, 9.17) is 38.4 Å². The molecule has 2 N–H and O–H groups in total. The van der Waals surface area contributed by atoms with Gasteiger partial charge in [-0.25, -0.2) is 0 Å².